The van der Waals surface area contributed by atoms with Gasteiger partial charge in [-0.2, -0.15) is 0 Å². The number of halogens is 3. The summed E-state index contributed by atoms with van der Waals surface area (Å²) < 4.78 is 16.9. The molecule has 0 aromatic carbocycles. The van der Waals surface area contributed by atoms with Crippen molar-refractivity contribution >= 4 is 45.7 Å². The molecule has 0 heterocycles. The molecule has 0 spiro atoms. The van der Waals surface area contributed by atoms with Gasteiger partial charge in [0, 0.05) is 0 Å². The minimum atomic E-state index is -2.62. The van der Waals surface area contributed by atoms with E-state index in [1.807, 2.05) is 0 Å². The van der Waals surface area contributed by atoms with Gasteiger partial charge >= 0.3 is 0 Å². The average Bonchev–Trinajstić information content (AvgIpc) is 1.25. The summed E-state index contributed by atoms with van der Waals surface area (Å²) in [5.41, 5.74) is 0. The first kappa shape index (κ1) is 11.6. The molecule has 0 fully saturated rings. The van der Waals surface area contributed by atoms with Gasteiger partial charge in [0.05, 0.1) is 0 Å². The quantitative estimate of drug-likeness (QED) is 0.441. The van der Waals surface area contributed by atoms with Crippen LogP contribution in [0.15, 0.2) is 0 Å². The molecule has 0 saturated carbocycles. The Hall–Kier alpha value is 0.780. The molecule has 0 bridgehead atoms. The summed E-state index contributed by atoms with van der Waals surface area (Å²) in [6, 6.07) is 0. The predicted octanol–water partition coefficient (Wildman–Crippen LogP) is 0.458. The van der Waals surface area contributed by atoms with Crippen molar-refractivity contribution in [2.75, 3.05) is 0 Å². The van der Waals surface area contributed by atoms with E-state index in [0.717, 1.165) is 0 Å². The fraction of sp³-hybridized carbons (Fsp3) is 1.00. The molecule has 0 saturated heterocycles. The first-order valence-electron chi connectivity index (χ1n) is 1.28. The SMILES string of the molecule is ClC(Cl)Cl.N[SH](=O)=O. The average molecular weight is 200 g/mol. The molecule has 0 unspecified atom stereocenters. The Kier molecular flexibility index (Phi) is 11.2. The smallest absolute Gasteiger partial charge is 0.198 e. The van der Waals surface area contributed by atoms with Crippen LogP contribution >= 0.6 is 34.8 Å². The summed E-state index contributed by atoms with van der Waals surface area (Å²) in [4.78, 5) is 0. The maximum absolute atomic E-state index is 8.81. The third-order valence-electron chi connectivity index (χ3n) is 0. The van der Waals surface area contributed by atoms with Crippen LogP contribution in [0.25, 0.3) is 0 Å². The molecule has 0 amide bonds. The summed E-state index contributed by atoms with van der Waals surface area (Å²) in [5, 5.41) is 4.06. The van der Waals surface area contributed by atoms with Crippen LogP contribution in [0.5, 0.6) is 0 Å². The van der Waals surface area contributed by atoms with E-state index >= 15 is 0 Å². The van der Waals surface area contributed by atoms with Gasteiger partial charge in [0.2, 0.25) is 0 Å². The Morgan fingerprint density at radius 1 is 1.25 bits per heavy atom. The van der Waals surface area contributed by atoms with Gasteiger partial charge in [-0.1, -0.05) is 34.8 Å². The Balaban J connectivity index is 0. The van der Waals surface area contributed by atoms with Crippen molar-refractivity contribution in [2.24, 2.45) is 5.14 Å². The Labute approximate surface area is 63.8 Å². The molecule has 0 radical (unpaired) electrons. The van der Waals surface area contributed by atoms with Gasteiger partial charge in [0.1, 0.15) is 0 Å². The maximum Gasteiger partial charge on any atom is 0.198 e. The number of hydrogen-bond donors (Lipinski definition) is 2. The second-order valence-electron chi connectivity index (χ2n) is 0.533. The Bertz CT molecular complexity index is 90.7. The van der Waals surface area contributed by atoms with Crippen LogP contribution in [-0.2, 0) is 10.9 Å². The van der Waals surface area contributed by atoms with Crippen LogP contribution in [0, 0.1) is 0 Å². The van der Waals surface area contributed by atoms with E-state index in [-0.39, 0.29) is 0 Å². The zero-order valence-electron chi connectivity index (χ0n) is 3.55. The fourth-order valence-corrected chi connectivity index (χ4v) is 0. The normalized spacial score (nSPS) is 8.75. The maximum atomic E-state index is 8.81. The van der Waals surface area contributed by atoms with E-state index in [1.165, 1.54) is 0 Å². The van der Waals surface area contributed by atoms with Crippen molar-refractivity contribution in [1.82, 2.24) is 0 Å². The molecule has 0 atom stereocenters. The fourth-order valence-electron chi connectivity index (χ4n) is 0. The van der Waals surface area contributed by atoms with Crippen molar-refractivity contribution in [3.63, 3.8) is 0 Å². The standard InChI is InChI=1S/CHCl3.H3NO2S/c2-1(3)4;1-4(2)3/h1H;4H,(H2,1,2,3). The number of hydrogen-bond acceptors (Lipinski definition) is 2. The molecule has 0 aliphatic heterocycles. The summed E-state index contributed by atoms with van der Waals surface area (Å²) >= 11 is 14.4. The van der Waals surface area contributed by atoms with E-state index in [0.29, 0.717) is 0 Å². The molecule has 0 aliphatic rings. The monoisotopic (exact) mass is 199 g/mol. The first-order chi connectivity index (χ1) is 3.46. The third-order valence-corrected chi connectivity index (χ3v) is 0. The van der Waals surface area contributed by atoms with Gasteiger partial charge in [-0.05, 0) is 0 Å². The second kappa shape index (κ2) is 7.78. The molecular weight excluding hydrogens is 196 g/mol. The zero-order valence-corrected chi connectivity index (χ0v) is 6.71. The first-order valence-corrected chi connectivity index (χ1v) is 3.83. The molecule has 0 rings (SSSR count). The van der Waals surface area contributed by atoms with Gasteiger partial charge in [0.25, 0.3) is 0 Å². The number of rotatable bonds is 0. The lowest BCUT2D eigenvalue weighted by Crippen LogP contribution is -1.85. The highest BCUT2D eigenvalue weighted by Crippen LogP contribution is 2.03. The van der Waals surface area contributed by atoms with Crippen LogP contribution in [0.2, 0.25) is 0 Å². The summed E-state index contributed by atoms with van der Waals surface area (Å²) in [6.07, 6.45) is 0. The van der Waals surface area contributed by atoms with Gasteiger partial charge in [-0.3, -0.25) is 0 Å². The van der Waals surface area contributed by atoms with Crippen molar-refractivity contribution in [3.05, 3.63) is 0 Å². The lowest BCUT2D eigenvalue weighted by Gasteiger charge is -1.69. The van der Waals surface area contributed by atoms with E-state index < -0.39 is 15.2 Å². The summed E-state index contributed by atoms with van der Waals surface area (Å²) in [7, 11) is -2.62. The van der Waals surface area contributed by atoms with E-state index in [9.17, 15) is 0 Å². The summed E-state index contributed by atoms with van der Waals surface area (Å²) in [6.45, 7) is 0. The molecule has 2 N–H and O–H groups in total. The van der Waals surface area contributed by atoms with Crippen LogP contribution in [-0.4, -0.2) is 12.7 Å². The van der Waals surface area contributed by atoms with Crippen molar-refractivity contribution in [2.45, 2.75) is 4.30 Å². The van der Waals surface area contributed by atoms with Gasteiger partial charge < -0.3 is 0 Å². The molecule has 8 heavy (non-hydrogen) atoms. The molecule has 0 aromatic heterocycles. The summed E-state index contributed by atoms with van der Waals surface area (Å²) in [5.74, 6) is 0. The second-order valence-corrected chi connectivity index (χ2v) is 3.08. The van der Waals surface area contributed by atoms with E-state index in [1.54, 1.807) is 0 Å². The van der Waals surface area contributed by atoms with Gasteiger partial charge in [0.15, 0.2) is 15.2 Å². The zero-order chi connectivity index (χ0) is 7.15. The molecular formula is CH4Cl3NO2S. The van der Waals surface area contributed by atoms with Crippen molar-refractivity contribution in [1.29, 1.82) is 0 Å². The van der Waals surface area contributed by atoms with Gasteiger partial charge in [-0.25, -0.2) is 13.6 Å². The van der Waals surface area contributed by atoms with Crippen molar-refractivity contribution < 1.29 is 8.42 Å². The Morgan fingerprint density at radius 3 is 1.25 bits per heavy atom. The minimum Gasteiger partial charge on any atom is -0.231 e. The lowest BCUT2D eigenvalue weighted by atomic mass is 11.9. The molecule has 0 aliphatic carbocycles. The topological polar surface area (TPSA) is 60.2 Å². The molecule has 52 valence electrons. The van der Waals surface area contributed by atoms with Crippen LogP contribution in [0.1, 0.15) is 0 Å². The highest BCUT2D eigenvalue weighted by Gasteiger charge is 1.78. The van der Waals surface area contributed by atoms with Gasteiger partial charge in [-0.15, -0.1) is 0 Å². The largest absolute Gasteiger partial charge is 0.231 e. The Morgan fingerprint density at radius 2 is 1.25 bits per heavy atom. The van der Waals surface area contributed by atoms with E-state index in [2.05, 4.69) is 5.14 Å². The highest BCUT2D eigenvalue weighted by atomic mass is 35.6. The van der Waals surface area contributed by atoms with Crippen LogP contribution < -0.4 is 5.14 Å². The minimum absolute atomic E-state index is 0.750. The van der Waals surface area contributed by atoms with E-state index in [4.69, 9.17) is 43.2 Å². The number of thiol groups is 1. The van der Waals surface area contributed by atoms with Crippen LogP contribution in [0.4, 0.5) is 0 Å². The lowest BCUT2D eigenvalue weighted by molar-refractivity contribution is 0.616. The molecule has 7 heteroatoms. The third kappa shape index (κ3) is 372. The number of nitrogens with two attached hydrogens (primary N) is 1. The van der Waals surface area contributed by atoms with Crippen molar-refractivity contribution in [3.8, 4) is 0 Å². The molecule has 3 nitrogen and oxygen atoms in total. The number of alkyl halides is 3. The van der Waals surface area contributed by atoms with Crippen LogP contribution in [0.3, 0.4) is 0 Å². The predicted molar refractivity (Wildman–Crippen MR) is 35.8 cm³/mol. The molecule has 0 aromatic rings. The highest BCUT2D eigenvalue weighted by molar-refractivity contribution is 7.69.